The number of hydrogen-bond donors (Lipinski definition) is 1. The summed E-state index contributed by atoms with van der Waals surface area (Å²) in [6, 6.07) is 16.8. The zero-order valence-electron chi connectivity index (χ0n) is 17.2. The van der Waals surface area contributed by atoms with E-state index >= 15 is 0 Å². The Morgan fingerprint density at radius 3 is 2.17 bits per heavy atom. The molecule has 0 saturated carbocycles. The molecule has 0 radical (unpaired) electrons. The van der Waals surface area contributed by atoms with Crippen LogP contribution in [-0.4, -0.2) is 21.4 Å². The molecule has 0 aliphatic rings. The van der Waals surface area contributed by atoms with Crippen LogP contribution < -0.4 is 9.62 Å². The van der Waals surface area contributed by atoms with Crippen LogP contribution in [0.1, 0.15) is 27.0 Å². The number of halogens is 1. The fourth-order valence-corrected chi connectivity index (χ4v) is 4.58. The number of carbonyl (C=O) groups is 1. The number of amides is 1. The number of sulfonamides is 1. The first-order valence-electron chi connectivity index (χ1n) is 9.33. The Morgan fingerprint density at radius 2 is 1.57 bits per heavy atom. The topological polar surface area (TPSA) is 66.5 Å². The molecule has 1 N–H and O–H groups in total. The number of nitrogens with one attached hydrogen (secondary N) is 1. The first-order valence-corrected chi connectivity index (χ1v) is 11.1. The van der Waals surface area contributed by atoms with E-state index < -0.39 is 10.0 Å². The van der Waals surface area contributed by atoms with Gasteiger partial charge in [0.15, 0.2) is 0 Å². The van der Waals surface area contributed by atoms with Gasteiger partial charge in [0.2, 0.25) is 0 Å². The normalized spacial score (nSPS) is 11.2. The van der Waals surface area contributed by atoms with E-state index in [4.69, 9.17) is 11.6 Å². The van der Waals surface area contributed by atoms with Gasteiger partial charge in [0.1, 0.15) is 0 Å². The highest BCUT2D eigenvalue weighted by molar-refractivity contribution is 7.92. The first kappa shape index (κ1) is 21.9. The zero-order chi connectivity index (χ0) is 22.1. The molecule has 1 amide bonds. The molecule has 156 valence electrons. The number of rotatable bonds is 5. The third kappa shape index (κ3) is 4.50. The molecule has 5 nitrogen and oxygen atoms in total. The molecule has 0 unspecified atom stereocenters. The summed E-state index contributed by atoms with van der Waals surface area (Å²) < 4.78 is 27.1. The lowest BCUT2D eigenvalue weighted by Gasteiger charge is -2.22. The van der Waals surface area contributed by atoms with Crippen molar-refractivity contribution in [2.24, 2.45) is 0 Å². The molecule has 0 saturated heterocycles. The summed E-state index contributed by atoms with van der Waals surface area (Å²) in [4.78, 5) is 12.8. The van der Waals surface area contributed by atoms with Crippen molar-refractivity contribution in [3.05, 3.63) is 87.9 Å². The van der Waals surface area contributed by atoms with Crippen molar-refractivity contribution in [2.75, 3.05) is 16.7 Å². The van der Waals surface area contributed by atoms with E-state index in [0.717, 1.165) is 16.8 Å². The summed E-state index contributed by atoms with van der Waals surface area (Å²) in [6.07, 6.45) is 0. The summed E-state index contributed by atoms with van der Waals surface area (Å²) in [5, 5.41) is 3.37. The number of benzene rings is 3. The van der Waals surface area contributed by atoms with Gasteiger partial charge in [-0.2, -0.15) is 0 Å². The average molecular weight is 443 g/mol. The predicted molar refractivity (Wildman–Crippen MR) is 122 cm³/mol. The Kier molecular flexibility index (Phi) is 6.19. The van der Waals surface area contributed by atoms with E-state index in [-0.39, 0.29) is 10.8 Å². The lowest BCUT2D eigenvalue weighted by molar-refractivity contribution is 0.102. The second-order valence-corrected chi connectivity index (χ2v) is 9.61. The number of anilines is 2. The fraction of sp³-hybridized carbons (Fsp3) is 0.174. The molecule has 0 fully saturated rings. The summed E-state index contributed by atoms with van der Waals surface area (Å²) in [5.41, 5.74) is 4.46. The van der Waals surface area contributed by atoms with Crippen molar-refractivity contribution < 1.29 is 13.2 Å². The molecule has 0 bridgehead atoms. The largest absolute Gasteiger partial charge is 0.322 e. The van der Waals surface area contributed by atoms with Crippen molar-refractivity contribution in [3.63, 3.8) is 0 Å². The number of nitrogens with zero attached hydrogens (tertiary/aromatic N) is 1. The number of hydrogen-bond acceptors (Lipinski definition) is 3. The average Bonchev–Trinajstić information content (AvgIpc) is 2.69. The van der Waals surface area contributed by atoms with Gasteiger partial charge in [-0.25, -0.2) is 8.42 Å². The minimum absolute atomic E-state index is 0.144. The molecule has 0 spiro atoms. The summed E-state index contributed by atoms with van der Waals surface area (Å²) >= 11 is 5.86. The van der Waals surface area contributed by atoms with Gasteiger partial charge in [0.25, 0.3) is 15.9 Å². The maximum atomic E-state index is 12.9. The van der Waals surface area contributed by atoms with Crippen LogP contribution in [0, 0.1) is 20.8 Å². The highest BCUT2D eigenvalue weighted by Crippen LogP contribution is 2.27. The van der Waals surface area contributed by atoms with Gasteiger partial charge in [-0.15, -0.1) is 0 Å². The Labute approximate surface area is 182 Å². The first-order chi connectivity index (χ1) is 14.1. The van der Waals surface area contributed by atoms with E-state index in [1.54, 1.807) is 25.1 Å². The highest BCUT2D eigenvalue weighted by Gasteiger charge is 2.23. The second kappa shape index (κ2) is 8.50. The monoisotopic (exact) mass is 442 g/mol. The summed E-state index contributed by atoms with van der Waals surface area (Å²) in [7, 11) is -2.26. The maximum absolute atomic E-state index is 12.9. The molecule has 3 aromatic rings. The maximum Gasteiger partial charge on any atom is 0.264 e. The van der Waals surface area contributed by atoms with Crippen molar-refractivity contribution >= 4 is 38.9 Å². The molecular formula is C23H23ClN2O3S. The minimum Gasteiger partial charge on any atom is -0.322 e. The summed E-state index contributed by atoms with van der Waals surface area (Å²) in [5.74, 6) is -0.250. The van der Waals surface area contributed by atoms with Gasteiger partial charge in [0, 0.05) is 23.3 Å². The van der Waals surface area contributed by atoms with Gasteiger partial charge in [0.05, 0.1) is 10.6 Å². The second-order valence-electron chi connectivity index (χ2n) is 7.20. The Balaban J connectivity index is 1.85. The smallest absolute Gasteiger partial charge is 0.264 e. The van der Waals surface area contributed by atoms with Gasteiger partial charge in [-0.3, -0.25) is 9.10 Å². The van der Waals surface area contributed by atoms with Crippen LogP contribution in [0.4, 0.5) is 11.4 Å². The standard InChI is InChI=1S/C23H23ClN2O3S/c1-15-5-11-21(16(2)13-15)25-23(27)18-6-12-22(17(3)14-18)26(4)30(28,29)20-9-7-19(24)8-10-20/h5-14H,1-4H3,(H,25,27). The quantitative estimate of drug-likeness (QED) is 0.579. The van der Waals surface area contributed by atoms with Crippen LogP contribution in [0.25, 0.3) is 0 Å². The fourth-order valence-electron chi connectivity index (χ4n) is 3.19. The van der Waals surface area contributed by atoms with E-state index in [9.17, 15) is 13.2 Å². The van der Waals surface area contributed by atoms with Gasteiger partial charge in [-0.05, 0) is 80.4 Å². The Bertz CT molecular complexity index is 1210. The Morgan fingerprint density at radius 1 is 0.900 bits per heavy atom. The third-order valence-electron chi connectivity index (χ3n) is 4.90. The van der Waals surface area contributed by atoms with Crippen molar-refractivity contribution in [2.45, 2.75) is 25.7 Å². The van der Waals surface area contributed by atoms with Crippen LogP contribution in [0.15, 0.2) is 65.6 Å². The van der Waals surface area contributed by atoms with E-state index in [1.807, 2.05) is 32.0 Å². The Hall–Kier alpha value is -2.83. The lowest BCUT2D eigenvalue weighted by Crippen LogP contribution is -2.27. The van der Waals surface area contributed by atoms with Crippen LogP contribution in [0.3, 0.4) is 0 Å². The molecule has 0 heterocycles. The summed E-state index contributed by atoms with van der Waals surface area (Å²) in [6.45, 7) is 5.71. The van der Waals surface area contributed by atoms with Crippen LogP contribution in [-0.2, 0) is 10.0 Å². The molecule has 3 rings (SSSR count). The van der Waals surface area contributed by atoms with Crippen LogP contribution >= 0.6 is 11.6 Å². The molecule has 7 heteroatoms. The molecule has 0 aliphatic heterocycles. The van der Waals surface area contributed by atoms with E-state index in [1.165, 1.54) is 35.6 Å². The molecule has 3 aromatic carbocycles. The molecule has 0 aliphatic carbocycles. The third-order valence-corrected chi connectivity index (χ3v) is 6.94. The number of aryl methyl sites for hydroxylation is 3. The van der Waals surface area contributed by atoms with Gasteiger partial charge < -0.3 is 5.32 Å². The molecule has 30 heavy (non-hydrogen) atoms. The predicted octanol–water partition coefficient (Wildman–Crippen LogP) is 5.34. The van der Waals surface area contributed by atoms with Crippen molar-refractivity contribution in [1.29, 1.82) is 0 Å². The SMILES string of the molecule is Cc1ccc(NC(=O)c2ccc(N(C)S(=O)(=O)c3ccc(Cl)cc3)c(C)c2)c(C)c1. The van der Waals surface area contributed by atoms with Crippen LogP contribution in [0.5, 0.6) is 0 Å². The lowest BCUT2D eigenvalue weighted by atomic mass is 10.1. The molecule has 0 atom stereocenters. The van der Waals surface area contributed by atoms with Crippen molar-refractivity contribution in [3.8, 4) is 0 Å². The highest BCUT2D eigenvalue weighted by atomic mass is 35.5. The van der Waals surface area contributed by atoms with E-state index in [2.05, 4.69) is 5.32 Å². The molecule has 0 aromatic heterocycles. The zero-order valence-corrected chi connectivity index (χ0v) is 18.8. The van der Waals surface area contributed by atoms with E-state index in [0.29, 0.717) is 21.8 Å². The minimum atomic E-state index is -3.75. The van der Waals surface area contributed by atoms with Gasteiger partial charge >= 0.3 is 0 Å². The number of carbonyl (C=O) groups excluding carboxylic acids is 1. The molecular weight excluding hydrogens is 420 g/mol. The van der Waals surface area contributed by atoms with Crippen molar-refractivity contribution in [1.82, 2.24) is 0 Å². The van der Waals surface area contributed by atoms with Gasteiger partial charge in [-0.1, -0.05) is 29.3 Å². The van der Waals surface area contributed by atoms with Crippen LogP contribution in [0.2, 0.25) is 5.02 Å².